The molecule has 4 rings (SSSR count). The first-order valence-corrected chi connectivity index (χ1v) is 10.4. The minimum Gasteiger partial charge on any atom is -0.455 e. The van der Waals surface area contributed by atoms with E-state index in [-0.39, 0.29) is 6.61 Å². The lowest BCUT2D eigenvalue weighted by Gasteiger charge is -2.22. The smallest absolute Gasteiger partial charge is 0.338 e. The van der Waals surface area contributed by atoms with Crippen molar-refractivity contribution in [2.75, 3.05) is 6.61 Å². The number of rotatable bonds is 10. The fourth-order valence-electron chi connectivity index (χ4n) is 3.49. The highest BCUT2D eigenvalue weighted by atomic mass is 16.6. The zero-order valence-electron chi connectivity index (χ0n) is 17.3. The average molecular weight is 418 g/mol. The molecule has 1 saturated heterocycles. The number of carbonyl (C=O) groups is 1. The second-order valence-electron chi connectivity index (χ2n) is 7.45. The van der Waals surface area contributed by atoms with Crippen LogP contribution in [0.15, 0.2) is 91.0 Å². The van der Waals surface area contributed by atoms with Gasteiger partial charge in [-0.1, -0.05) is 91.0 Å². The van der Waals surface area contributed by atoms with Crippen molar-refractivity contribution in [1.29, 1.82) is 0 Å². The number of ether oxygens (including phenoxy) is 4. The lowest BCUT2D eigenvalue weighted by molar-refractivity contribution is -0.152. The largest absolute Gasteiger partial charge is 0.455 e. The van der Waals surface area contributed by atoms with Crippen molar-refractivity contribution in [2.45, 2.75) is 38.1 Å². The summed E-state index contributed by atoms with van der Waals surface area (Å²) in [6.07, 6.45) is -1.87. The minimum atomic E-state index is -0.797. The van der Waals surface area contributed by atoms with Crippen LogP contribution in [-0.2, 0) is 43.6 Å². The third-order valence-corrected chi connectivity index (χ3v) is 5.12. The molecule has 0 spiro atoms. The van der Waals surface area contributed by atoms with Gasteiger partial charge in [0.15, 0.2) is 12.2 Å². The number of carbonyl (C=O) groups excluding carboxylic acids is 1. The highest BCUT2D eigenvalue weighted by Crippen LogP contribution is 2.25. The Morgan fingerprint density at radius 2 is 1.13 bits per heavy atom. The molecule has 0 saturated carbocycles. The van der Waals surface area contributed by atoms with Crippen molar-refractivity contribution in [3.05, 3.63) is 108 Å². The maximum atomic E-state index is 12.6. The van der Waals surface area contributed by atoms with Gasteiger partial charge >= 0.3 is 5.97 Å². The van der Waals surface area contributed by atoms with Gasteiger partial charge in [-0.15, -0.1) is 0 Å². The van der Waals surface area contributed by atoms with E-state index in [0.29, 0.717) is 19.8 Å². The number of benzene rings is 3. The zero-order chi connectivity index (χ0) is 21.3. The first kappa shape index (κ1) is 21.2. The predicted octanol–water partition coefficient (Wildman–Crippen LogP) is 4.30. The van der Waals surface area contributed by atoms with Crippen LogP contribution in [0.3, 0.4) is 0 Å². The van der Waals surface area contributed by atoms with Crippen molar-refractivity contribution in [2.24, 2.45) is 0 Å². The van der Waals surface area contributed by atoms with E-state index >= 15 is 0 Å². The molecule has 0 bridgehead atoms. The third-order valence-electron chi connectivity index (χ3n) is 5.12. The summed E-state index contributed by atoms with van der Waals surface area (Å²) in [5.74, 6) is -0.415. The highest BCUT2D eigenvalue weighted by Gasteiger charge is 2.46. The Morgan fingerprint density at radius 3 is 1.68 bits per heavy atom. The summed E-state index contributed by atoms with van der Waals surface area (Å²) in [7, 11) is 0. The quantitative estimate of drug-likeness (QED) is 0.460. The summed E-state index contributed by atoms with van der Waals surface area (Å²) >= 11 is 0. The Labute approximate surface area is 182 Å². The van der Waals surface area contributed by atoms with Crippen molar-refractivity contribution in [3.63, 3.8) is 0 Å². The summed E-state index contributed by atoms with van der Waals surface area (Å²) in [4.78, 5) is 12.6. The molecule has 3 aromatic carbocycles. The second-order valence-corrected chi connectivity index (χ2v) is 7.45. The summed E-state index contributed by atoms with van der Waals surface area (Å²) in [5, 5.41) is 0. The Bertz CT molecular complexity index is 930. The van der Waals surface area contributed by atoms with Gasteiger partial charge in [0.05, 0.1) is 26.4 Å². The first-order chi connectivity index (χ1) is 15.3. The van der Waals surface area contributed by atoms with E-state index < -0.39 is 24.3 Å². The van der Waals surface area contributed by atoms with Crippen LogP contribution in [0.25, 0.3) is 0 Å². The van der Waals surface area contributed by atoms with E-state index in [0.717, 1.165) is 16.7 Å². The Kier molecular flexibility index (Phi) is 7.45. The molecule has 5 heteroatoms. The molecule has 3 aromatic rings. The van der Waals surface area contributed by atoms with Crippen molar-refractivity contribution >= 4 is 5.97 Å². The Balaban J connectivity index is 1.40. The monoisotopic (exact) mass is 418 g/mol. The van der Waals surface area contributed by atoms with Crippen LogP contribution < -0.4 is 0 Å². The molecule has 31 heavy (non-hydrogen) atoms. The minimum absolute atomic E-state index is 0.241. The van der Waals surface area contributed by atoms with Crippen LogP contribution in [0.2, 0.25) is 0 Å². The summed E-state index contributed by atoms with van der Waals surface area (Å²) in [6, 6.07) is 29.5. The van der Waals surface area contributed by atoms with E-state index in [2.05, 4.69) is 0 Å². The predicted molar refractivity (Wildman–Crippen MR) is 116 cm³/mol. The molecule has 5 nitrogen and oxygen atoms in total. The molecule has 0 aromatic heterocycles. The fourth-order valence-corrected chi connectivity index (χ4v) is 3.49. The molecule has 0 unspecified atom stereocenters. The molecular weight excluding hydrogens is 392 g/mol. The third kappa shape index (κ3) is 6.01. The van der Waals surface area contributed by atoms with Crippen LogP contribution in [0, 0.1) is 0 Å². The van der Waals surface area contributed by atoms with Gasteiger partial charge < -0.3 is 18.9 Å². The van der Waals surface area contributed by atoms with E-state index in [1.807, 2.05) is 91.0 Å². The molecule has 1 heterocycles. The van der Waals surface area contributed by atoms with Crippen molar-refractivity contribution in [3.8, 4) is 0 Å². The molecule has 0 N–H and O–H groups in total. The van der Waals surface area contributed by atoms with E-state index in [9.17, 15) is 4.79 Å². The Hall–Kier alpha value is -2.99. The molecule has 1 aliphatic rings. The normalized spacial score (nSPS) is 20.5. The molecule has 1 aliphatic heterocycles. The second kappa shape index (κ2) is 10.9. The van der Waals surface area contributed by atoms with Crippen LogP contribution in [0.5, 0.6) is 0 Å². The zero-order valence-corrected chi connectivity index (χ0v) is 17.3. The van der Waals surface area contributed by atoms with E-state index in [1.54, 1.807) is 0 Å². The SMILES string of the molecule is O=C1O[C@H](COCc2ccccc2)[C@@H](OCc2ccccc2)[C@@H]1OCc1ccccc1. The van der Waals surface area contributed by atoms with Gasteiger partial charge in [-0.25, -0.2) is 4.79 Å². The highest BCUT2D eigenvalue weighted by molar-refractivity contribution is 5.78. The van der Waals surface area contributed by atoms with Gasteiger partial charge in [-0.2, -0.15) is 0 Å². The fraction of sp³-hybridized carbons (Fsp3) is 0.269. The van der Waals surface area contributed by atoms with Gasteiger partial charge in [0, 0.05) is 0 Å². The number of hydrogen-bond acceptors (Lipinski definition) is 5. The van der Waals surface area contributed by atoms with Gasteiger partial charge in [0.1, 0.15) is 6.10 Å². The lowest BCUT2D eigenvalue weighted by Crippen LogP contribution is -2.38. The topological polar surface area (TPSA) is 54.0 Å². The number of hydrogen-bond donors (Lipinski definition) is 0. The number of cyclic esters (lactones) is 1. The van der Waals surface area contributed by atoms with Crippen LogP contribution in [-0.4, -0.2) is 30.9 Å². The van der Waals surface area contributed by atoms with Crippen LogP contribution in [0.4, 0.5) is 0 Å². The molecular formula is C26H26O5. The standard InChI is InChI=1S/C26H26O5/c27-26-25(30-18-22-14-8-3-9-15-22)24(29-17-21-12-6-2-7-13-21)23(31-26)19-28-16-20-10-4-1-5-11-20/h1-15,23-25H,16-19H2/t23-,24-,25+/m1/s1. The molecule has 160 valence electrons. The molecule has 0 radical (unpaired) electrons. The molecule has 3 atom stereocenters. The molecule has 0 amide bonds. The van der Waals surface area contributed by atoms with Gasteiger partial charge in [-0.05, 0) is 16.7 Å². The maximum Gasteiger partial charge on any atom is 0.338 e. The Morgan fingerprint density at radius 1 is 0.645 bits per heavy atom. The van der Waals surface area contributed by atoms with Crippen molar-refractivity contribution < 1.29 is 23.7 Å². The summed E-state index contributed by atoms with van der Waals surface area (Å²) < 4.78 is 23.5. The first-order valence-electron chi connectivity index (χ1n) is 10.4. The average Bonchev–Trinajstić information content (AvgIpc) is 3.12. The van der Waals surface area contributed by atoms with Crippen LogP contribution >= 0.6 is 0 Å². The van der Waals surface area contributed by atoms with Gasteiger partial charge in [0.25, 0.3) is 0 Å². The number of esters is 1. The summed E-state index contributed by atoms with van der Waals surface area (Å²) in [5.41, 5.74) is 3.07. The molecule has 0 aliphatic carbocycles. The lowest BCUT2D eigenvalue weighted by atomic mass is 10.1. The van der Waals surface area contributed by atoms with Gasteiger partial charge in [-0.3, -0.25) is 0 Å². The van der Waals surface area contributed by atoms with Crippen LogP contribution in [0.1, 0.15) is 16.7 Å². The summed E-state index contributed by atoms with van der Waals surface area (Å²) in [6.45, 7) is 1.35. The van der Waals surface area contributed by atoms with E-state index in [1.165, 1.54) is 0 Å². The molecule has 1 fully saturated rings. The van der Waals surface area contributed by atoms with E-state index in [4.69, 9.17) is 18.9 Å². The maximum absolute atomic E-state index is 12.6. The van der Waals surface area contributed by atoms with Gasteiger partial charge in [0.2, 0.25) is 0 Å². The van der Waals surface area contributed by atoms with Crippen molar-refractivity contribution in [1.82, 2.24) is 0 Å².